The Hall–Kier alpha value is -3.76. The predicted octanol–water partition coefficient (Wildman–Crippen LogP) is 4.30. The minimum atomic E-state index is -0.200. The van der Waals surface area contributed by atoms with Gasteiger partial charge in [-0.15, -0.1) is 0 Å². The second-order valence-corrected chi connectivity index (χ2v) is 8.89. The molecule has 0 aliphatic heterocycles. The van der Waals surface area contributed by atoms with Crippen molar-refractivity contribution in [2.24, 2.45) is 0 Å². The van der Waals surface area contributed by atoms with E-state index in [1.165, 1.54) is 0 Å². The zero-order chi connectivity index (χ0) is 28.6. The SMILES string of the molecule is CC.COc1ccc2c(c1)ncn2C(=O)C(C)N(C)C.COc1ccc2ncn(C(=O)C(C)N(C)C)c2c1. The Kier molecular flexibility index (Phi) is 11.0. The average Bonchev–Trinajstić information content (AvgIpc) is 3.56. The maximum atomic E-state index is 12.3. The highest BCUT2D eigenvalue weighted by molar-refractivity contribution is 5.94. The van der Waals surface area contributed by atoms with Crippen molar-refractivity contribution in [3.8, 4) is 11.5 Å². The number of fused-ring (bicyclic) bond motifs is 2. The number of hydrogen-bond acceptors (Lipinski definition) is 8. The number of benzene rings is 2. The molecule has 2 heterocycles. The van der Waals surface area contributed by atoms with Gasteiger partial charge in [-0.05, 0) is 66.3 Å². The van der Waals surface area contributed by atoms with E-state index in [0.29, 0.717) is 0 Å². The molecule has 4 rings (SSSR count). The van der Waals surface area contributed by atoms with Gasteiger partial charge in [-0.3, -0.25) is 28.5 Å². The average molecular weight is 525 g/mol. The van der Waals surface area contributed by atoms with Gasteiger partial charge in [0.05, 0.1) is 48.4 Å². The van der Waals surface area contributed by atoms with E-state index in [1.807, 2.05) is 102 Å². The van der Waals surface area contributed by atoms with Gasteiger partial charge in [-0.2, -0.15) is 0 Å². The molecule has 2 unspecified atom stereocenters. The molecular weight excluding hydrogens is 484 g/mol. The maximum absolute atomic E-state index is 12.3. The highest BCUT2D eigenvalue weighted by Crippen LogP contribution is 2.21. The first-order valence-corrected chi connectivity index (χ1v) is 12.5. The van der Waals surface area contributed by atoms with Crippen LogP contribution in [0.4, 0.5) is 0 Å². The van der Waals surface area contributed by atoms with Crippen molar-refractivity contribution in [2.45, 2.75) is 39.8 Å². The molecule has 10 nitrogen and oxygen atoms in total. The number of nitrogens with zero attached hydrogens (tertiary/aromatic N) is 6. The summed E-state index contributed by atoms with van der Waals surface area (Å²) in [6.45, 7) is 7.74. The number of carbonyl (C=O) groups is 2. The molecule has 0 saturated heterocycles. The molecule has 0 saturated carbocycles. The lowest BCUT2D eigenvalue weighted by Crippen LogP contribution is -2.36. The van der Waals surface area contributed by atoms with Crippen LogP contribution in [0.15, 0.2) is 49.1 Å². The van der Waals surface area contributed by atoms with Gasteiger partial charge < -0.3 is 9.47 Å². The number of methoxy groups -OCH3 is 2. The lowest BCUT2D eigenvalue weighted by molar-refractivity contribution is 0.0801. The van der Waals surface area contributed by atoms with Gasteiger partial charge in [0.1, 0.15) is 24.2 Å². The first kappa shape index (κ1) is 30.5. The van der Waals surface area contributed by atoms with Crippen LogP contribution in [0.3, 0.4) is 0 Å². The predicted molar refractivity (Wildman–Crippen MR) is 151 cm³/mol. The number of ether oxygens (including phenoxy) is 2. The van der Waals surface area contributed by atoms with Crippen LogP contribution in [-0.2, 0) is 0 Å². The number of imidazole rings is 2. The second-order valence-electron chi connectivity index (χ2n) is 8.89. The monoisotopic (exact) mass is 524 g/mol. The van der Waals surface area contributed by atoms with E-state index in [9.17, 15) is 9.59 Å². The molecule has 2 atom stereocenters. The van der Waals surface area contributed by atoms with Crippen LogP contribution in [0.25, 0.3) is 22.1 Å². The Morgan fingerprint density at radius 2 is 1.16 bits per heavy atom. The maximum Gasteiger partial charge on any atom is 0.249 e. The van der Waals surface area contributed by atoms with Crippen molar-refractivity contribution in [1.29, 1.82) is 0 Å². The fraction of sp³-hybridized carbons (Fsp3) is 0.429. The minimum absolute atomic E-state index is 0.00393. The third-order valence-electron chi connectivity index (χ3n) is 6.25. The topological polar surface area (TPSA) is 94.7 Å². The lowest BCUT2D eigenvalue weighted by atomic mass is 10.2. The van der Waals surface area contributed by atoms with Crippen LogP contribution in [0.1, 0.15) is 37.3 Å². The molecule has 0 radical (unpaired) electrons. The summed E-state index contributed by atoms with van der Waals surface area (Å²) < 4.78 is 13.5. The van der Waals surface area contributed by atoms with Gasteiger partial charge in [-0.25, -0.2) is 9.97 Å². The molecule has 2 aromatic carbocycles. The van der Waals surface area contributed by atoms with Gasteiger partial charge >= 0.3 is 0 Å². The zero-order valence-corrected chi connectivity index (χ0v) is 24.1. The number of hydrogen-bond donors (Lipinski definition) is 0. The summed E-state index contributed by atoms with van der Waals surface area (Å²) in [6, 6.07) is 10.6. The molecule has 38 heavy (non-hydrogen) atoms. The molecule has 4 aromatic rings. The molecule has 0 aliphatic rings. The van der Waals surface area contributed by atoms with E-state index in [2.05, 4.69) is 9.97 Å². The summed E-state index contributed by atoms with van der Waals surface area (Å²) in [6.07, 6.45) is 3.12. The summed E-state index contributed by atoms with van der Waals surface area (Å²) in [5, 5.41) is 0. The molecule has 0 fully saturated rings. The summed E-state index contributed by atoms with van der Waals surface area (Å²) in [4.78, 5) is 36.8. The van der Waals surface area contributed by atoms with Crippen molar-refractivity contribution in [3.05, 3.63) is 49.1 Å². The van der Waals surface area contributed by atoms with Crippen LogP contribution < -0.4 is 9.47 Å². The van der Waals surface area contributed by atoms with E-state index in [-0.39, 0.29) is 23.9 Å². The largest absolute Gasteiger partial charge is 0.497 e. The molecule has 0 amide bonds. The summed E-state index contributed by atoms with van der Waals surface area (Å²) >= 11 is 0. The molecule has 10 heteroatoms. The fourth-order valence-corrected chi connectivity index (χ4v) is 3.43. The molecule has 0 N–H and O–H groups in total. The van der Waals surface area contributed by atoms with Gasteiger partial charge in [0.15, 0.2) is 0 Å². The van der Waals surface area contributed by atoms with Crippen LogP contribution in [-0.4, -0.2) is 95.2 Å². The first-order chi connectivity index (χ1) is 18.1. The zero-order valence-electron chi connectivity index (χ0n) is 24.1. The number of aromatic nitrogens is 4. The van der Waals surface area contributed by atoms with E-state index >= 15 is 0 Å². The van der Waals surface area contributed by atoms with Crippen LogP contribution in [0.5, 0.6) is 11.5 Å². The Bertz CT molecular complexity index is 1360. The molecule has 0 aliphatic carbocycles. The third kappa shape index (κ3) is 6.76. The Balaban J connectivity index is 0.000000251. The van der Waals surface area contributed by atoms with Crippen molar-refractivity contribution in [2.75, 3.05) is 42.4 Å². The van der Waals surface area contributed by atoms with Crippen molar-refractivity contribution < 1.29 is 19.1 Å². The molecule has 0 bridgehead atoms. The lowest BCUT2D eigenvalue weighted by Gasteiger charge is -2.18. The van der Waals surface area contributed by atoms with E-state index < -0.39 is 0 Å². The van der Waals surface area contributed by atoms with Crippen LogP contribution in [0, 0.1) is 0 Å². The summed E-state index contributed by atoms with van der Waals surface area (Å²) in [5.41, 5.74) is 3.12. The van der Waals surface area contributed by atoms with E-state index in [4.69, 9.17) is 9.47 Å². The normalized spacial score (nSPS) is 12.4. The van der Waals surface area contributed by atoms with E-state index in [0.717, 1.165) is 33.6 Å². The Morgan fingerprint density at radius 3 is 1.66 bits per heavy atom. The fourth-order valence-electron chi connectivity index (χ4n) is 3.43. The van der Waals surface area contributed by atoms with Gasteiger partial charge in [0.25, 0.3) is 0 Å². The smallest absolute Gasteiger partial charge is 0.249 e. The second kappa shape index (κ2) is 13.7. The summed E-state index contributed by atoms with van der Waals surface area (Å²) in [5.74, 6) is 1.46. The quantitative estimate of drug-likeness (QED) is 0.369. The third-order valence-corrected chi connectivity index (χ3v) is 6.25. The number of carbonyl (C=O) groups excluding carboxylic acids is 2. The standard InChI is InChI=1S/2C13H17N3O2.C2H6/c1-9(15(2)3)13(17)16-8-14-11-7-10(18-4)5-6-12(11)16;1-9(15(2)3)13(17)16-8-14-11-6-5-10(18-4)7-12(11)16;1-2/h2*5-9H,1-4H3;1-2H3. The van der Waals surface area contributed by atoms with Crippen molar-refractivity contribution >= 4 is 33.9 Å². The first-order valence-electron chi connectivity index (χ1n) is 12.5. The Morgan fingerprint density at radius 1 is 0.711 bits per heavy atom. The van der Waals surface area contributed by atoms with E-state index in [1.54, 1.807) is 36.0 Å². The number of rotatable bonds is 6. The Labute approximate surface area is 224 Å². The van der Waals surface area contributed by atoms with Gasteiger partial charge in [0, 0.05) is 12.1 Å². The molecular formula is C28H40N6O4. The summed E-state index contributed by atoms with van der Waals surface area (Å²) in [7, 11) is 10.7. The molecule has 0 spiro atoms. The van der Waals surface area contributed by atoms with Gasteiger partial charge in [0.2, 0.25) is 11.8 Å². The van der Waals surface area contributed by atoms with Crippen molar-refractivity contribution in [3.63, 3.8) is 0 Å². The highest BCUT2D eigenvalue weighted by atomic mass is 16.5. The highest BCUT2D eigenvalue weighted by Gasteiger charge is 2.20. The molecule has 2 aromatic heterocycles. The number of likely N-dealkylation sites (N-methyl/N-ethyl adjacent to an activating group) is 2. The van der Waals surface area contributed by atoms with Crippen LogP contribution >= 0.6 is 0 Å². The van der Waals surface area contributed by atoms with Crippen molar-refractivity contribution in [1.82, 2.24) is 28.9 Å². The minimum Gasteiger partial charge on any atom is -0.497 e. The van der Waals surface area contributed by atoms with Gasteiger partial charge in [-0.1, -0.05) is 13.8 Å². The molecule has 206 valence electrons. The van der Waals surface area contributed by atoms with Crippen LogP contribution in [0.2, 0.25) is 0 Å².